The fourth-order valence-corrected chi connectivity index (χ4v) is 3.70. The Morgan fingerprint density at radius 3 is 2.47 bits per heavy atom. The second-order valence-electron chi connectivity index (χ2n) is 4.47. The number of fused-ring (bicyclic) bond motifs is 3. The van der Waals surface area contributed by atoms with Gasteiger partial charge in [0, 0.05) is 19.1 Å². The quantitative estimate of drug-likeness (QED) is 0.650. The normalized spacial score (nSPS) is 35.7. The molecule has 3 fully saturated rings. The van der Waals surface area contributed by atoms with Crippen molar-refractivity contribution >= 4 is 10.0 Å². The van der Waals surface area contributed by atoms with Crippen LogP contribution in [0.1, 0.15) is 12.8 Å². The van der Waals surface area contributed by atoms with E-state index in [9.17, 15) is 8.42 Å². The van der Waals surface area contributed by atoms with Crippen molar-refractivity contribution in [3.63, 3.8) is 0 Å². The highest BCUT2D eigenvalue weighted by molar-refractivity contribution is 7.89. The highest BCUT2D eigenvalue weighted by Crippen LogP contribution is 2.27. The van der Waals surface area contributed by atoms with Crippen LogP contribution < -0.4 is 10.5 Å². The van der Waals surface area contributed by atoms with E-state index in [0.29, 0.717) is 5.92 Å². The molecule has 3 aliphatic rings. The molecule has 0 radical (unpaired) electrons. The number of rotatable bonds is 4. The van der Waals surface area contributed by atoms with Crippen LogP contribution in [0.25, 0.3) is 0 Å². The first-order valence-corrected chi connectivity index (χ1v) is 7.18. The summed E-state index contributed by atoms with van der Waals surface area (Å²) >= 11 is 0. The second-order valence-corrected chi connectivity index (χ2v) is 6.34. The van der Waals surface area contributed by atoms with Gasteiger partial charge in [-0.15, -0.1) is 0 Å². The number of nitrogens with two attached hydrogens (primary N) is 1. The zero-order chi connectivity index (χ0) is 10.9. The Kier molecular flexibility index (Phi) is 3.30. The van der Waals surface area contributed by atoms with E-state index >= 15 is 0 Å². The monoisotopic (exact) mass is 233 g/mol. The zero-order valence-corrected chi connectivity index (χ0v) is 9.67. The fraction of sp³-hybridized carbons (Fsp3) is 1.00. The largest absolute Gasteiger partial charge is 0.329 e. The fourth-order valence-electron chi connectivity index (χ4n) is 2.54. The third-order valence-electron chi connectivity index (χ3n) is 3.37. The van der Waals surface area contributed by atoms with E-state index in [1.165, 1.54) is 0 Å². The van der Waals surface area contributed by atoms with Gasteiger partial charge in [0.2, 0.25) is 10.0 Å². The smallest absolute Gasteiger partial charge is 0.213 e. The maximum absolute atomic E-state index is 11.6. The molecule has 0 saturated carbocycles. The summed E-state index contributed by atoms with van der Waals surface area (Å²) in [4.78, 5) is 2.33. The molecule has 1 atom stereocenters. The van der Waals surface area contributed by atoms with Gasteiger partial charge in [-0.2, -0.15) is 0 Å². The van der Waals surface area contributed by atoms with E-state index in [1.807, 2.05) is 0 Å². The number of piperidine rings is 3. The van der Waals surface area contributed by atoms with Crippen molar-refractivity contribution in [3.05, 3.63) is 0 Å². The number of hydrogen-bond donors (Lipinski definition) is 2. The molecule has 3 heterocycles. The minimum absolute atomic E-state index is 0.0379. The highest BCUT2D eigenvalue weighted by atomic mass is 32.2. The zero-order valence-electron chi connectivity index (χ0n) is 8.85. The Hall–Kier alpha value is -0.170. The molecule has 15 heavy (non-hydrogen) atoms. The molecular formula is C9H19N3O2S. The van der Waals surface area contributed by atoms with E-state index in [4.69, 9.17) is 5.73 Å². The number of hydrogen-bond acceptors (Lipinski definition) is 4. The van der Waals surface area contributed by atoms with Crippen LogP contribution in [-0.2, 0) is 10.0 Å². The molecule has 5 nitrogen and oxygen atoms in total. The first-order valence-electron chi connectivity index (χ1n) is 5.53. The molecule has 6 heteroatoms. The third-order valence-corrected chi connectivity index (χ3v) is 4.81. The second kappa shape index (κ2) is 4.37. The van der Waals surface area contributed by atoms with Crippen LogP contribution in [0, 0.1) is 5.92 Å². The van der Waals surface area contributed by atoms with Crippen molar-refractivity contribution in [2.75, 3.05) is 31.9 Å². The van der Waals surface area contributed by atoms with Crippen molar-refractivity contribution in [3.8, 4) is 0 Å². The molecular weight excluding hydrogens is 214 g/mol. The molecule has 3 N–H and O–H groups in total. The van der Waals surface area contributed by atoms with Crippen LogP contribution in [0.5, 0.6) is 0 Å². The van der Waals surface area contributed by atoms with Gasteiger partial charge in [-0.3, -0.25) is 0 Å². The molecule has 1 unspecified atom stereocenters. The van der Waals surface area contributed by atoms with E-state index in [0.717, 1.165) is 32.5 Å². The van der Waals surface area contributed by atoms with Crippen molar-refractivity contribution in [2.24, 2.45) is 11.7 Å². The molecule has 3 saturated heterocycles. The van der Waals surface area contributed by atoms with Gasteiger partial charge in [0.1, 0.15) is 0 Å². The molecule has 2 bridgehead atoms. The van der Waals surface area contributed by atoms with Crippen LogP contribution >= 0.6 is 0 Å². The molecule has 0 spiro atoms. The van der Waals surface area contributed by atoms with E-state index in [1.54, 1.807) is 0 Å². The van der Waals surface area contributed by atoms with Crippen molar-refractivity contribution in [2.45, 2.75) is 18.9 Å². The topological polar surface area (TPSA) is 75.4 Å². The summed E-state index contributed by atoms with van der Waals surface area (Å²) in [7, 11) is -3.16. The molecule has 0 aromatic carbocycles. The molecule has 88 valence electrons. The summed E-state index contributed by atoms with van der Waals surface area (Å²) in [5.41, 5.74) is 5.27. The number of nitrogens with zero attached hydrogens (tertiary/aromatic N) is 1. The van der Waals surface area contributed by atoms with Gasteiger partial charge in [0.25, 0.3) is 0 Å². The van der Waals surface area contributed by atoms with Crippen molar-refractivity contribution in [1.82, 2.24) is 9.62 Å². The van der Waals surface area contributed by atoms with E-state index < -0.39 is 10.0 Å². The van der Waals surface area contributed by atoms with Gasteiger partial charge in [-0.25, -0.2) is 13.1 Å². The predicted octanol–water partition coefficient (Wildman–Crippen LogP) is -1.04. The Bertz CT molecular complexity index is 309. The maximum Gasteiger partial charge on any atom is 0.213 e. The molecule has 0 amide bonds. The summed E-state index contributed by atoms with van der Waals surface area (Å²) in [6, 6.07) is 0.115. The average Bonchev–Trinajstić information content (AvgIpc) is 2.18. The lowest BCUT2D eigenvalue weighted by Crippen LogP contribution is -2.57. The average molecular weight is 233 g/mol. The van der Waals surface area contributed by atoms with Crippen LogP contribution in [0.2, 0.25) is 0 Å². The SMILES string of the molecule is NCCS(=O)(=O)NC1CN2CCC1CC2. The Morgan fingerprint density at radius 2 is 2.00 bits per heavy atom. The van der Waals surface area contributed by atoms with Crippen LogP contribution in [0.15, 0.2) is 0 Å². The molecule has 0 aromatic rings. The van der Waals surface area contributed by atoms with E-state index in [-0.39, 0.29) is 18.3 Å². The lowest BCUT2D eigenvalue weighted by molar-refractivity contribution is 0.0827. The Labute approximate surface area is 91.1 Å². The summed E-state index contributed by atoms with van der Waals surface area (Å²) in [6.07, 6.45) is 2.24. The Balaban J connectivity index is 1.95. The lowest BCUT2D eigenvalue weighted by atomic mass is 9.85. The van der Waals surface area contributed by atoms with Crippen LogP contribution in [-0.4, -0.2) is 51.3 Å². The molecule has 3 aliphatic heterocycles. The summed E-state index contributed by atoms with van der Waals surface area (Å²) < 4.78 is 25.9. The van der Waals surface area contributed by atoms with Gasteiger partial charge < -0.3 is 10.6 Å². The van der Waals surface area contributed by atoms with Crippen molar-refractivity contribution in [1.29, 1.82) is 0 Å². The van der Waals surface area contributed by atoms with Gasteiger partial charge in [-0.05, 0) is 31.8 Å². The number of sulfonamides is 1. The van der Waals surface area contributed by atoms with E-state index in [2.05, 4.69) is 9.62 Å². The van der Waals surface area contributed by atoms with Crippen molar-refractivity contribution < 1.29 is 8.42 Å². The van der Waals surface area contributed by atoms with Gasteiger partial charge >= 0.3 is 0 Å². The first-order chi connectivity index (χ1) is 7.11. The molecule has 0 aliphatic carbocycles. The minimum atomic E-state index is -3.16. The predicted molar refractivity (Wildman–Crippen MR) is 58.9 cm³/mol. The minimum Gasteiger partial charge on any atom is -0.329 e. The highest BCUT2D eigenvalue weighted by Gasteiger charge is 2.35. The van der Waals surface area contributed by atoms with Crippen LogP contribution in [0.3, 0.4) is 0 Å². The maximum atomic E-state index is 11.6. The van der Waals surface area contributed by atoms with Gasteiger partial charge in [0.15, 0.2) is 0 Å². The summed E-state index contributed by atoms with van der Waals surface area (Å²) in [5, 5.41) is 0. The third kappa shape index (κ3) is 2.69. The first kappa shape index (κ1) is 11.3. The Morgan fingerprint density at radius 1 is 1.33 bits per heavy atom. The standard InChI is InChI=1S/C9H19N3O2S/c10-3-6-15(13,14)11-9-7-12-4-1-8(9)2-5-12/h8-9,11H,1-7,10H2. The lowest BCUT2D eigenvalue weighted by Gasteiger charge is -2.44. The molecule has 3 rings (SSSR count). The van der Waals surface area contributed by atoms with Gasteiger partial charge in [-0.1, -0.05) is 0 Å². The summed E-state index contributed by atoms with van der Waals surface area (Å²) in [6.45, 7) is 3.31. The summed E-state index contributed by atoms with van der Waals surface area (Å²) in [5.74, 6) is 0.568. The van der Waals surface area contributed by atoms with Crippen LogP contribution in [0.4, 0.5) is 0 Å². The van der Waals surface area contributed by atoms with Gasteiger partial charge in [0.05, 0.1) is 5.75 Å². The molecule has 0 aromatic heterocycles. The number of nitrogens with one attached hydrogen (secondary N) is 1.